The first-order valence-electron chi connectivity index (χ1n) is 6.69. The van der Waals surface area contributed by atoms with Gasteiger partial charge in [-0.3, -0.25) is 9.69 Å². The van der Waals surface area contributed by atoms with Gasteiger partial charge in [0.15, 0.2) is 0 Å². The topological polar surface area (TPSA) is 57.6 Å². The van der Waals surface area contributed by atoms with Gasteiger partial charge < -0.3 is 5.11 Å². The molecule has 4 nitrogen and oxygen atoms in total. The summed E-state index contributed by atoms with van der Waals surface area (Å²) < 4.78 is 0. The number of carboxylic acid groups (broad SMARTS) is 1. The molecule has 1 fully saturated rings. The number of carbonyl (C=O) groups is 2. The van der Waals surface area contributed by atoms with E-state index in [0.717, 1.165) is 5.56 Å². The van der Waals surface area contributed by atoms with Crippen molar-refractivity contribution in [1.82, 2.24) is 0 Å². The van der Waals surface area contributed by atoms with Gasteiger partial charge in [0.25, 0.3) is 0 Å². The molecule has 1 aliphatic rings. The smallest absolute Gasteiger partial charge is 0.335 e. The van der Waals surface area contributed by atoms with E-state index in [0.29, 0.717) is 21.5 Å². The molecular formula is C16H11Cl2NO3S. The van der Waals surface area contributed by atoms with E-state index in [1.165, 1.54) is 23.9 Å². The molecule has 1 N–H and O–H groups in total. The highest BCUT2D eigenvalue weighted by Gasteiger charge is 2.34. The summed E-state index contributed by atoms with van der Waals surface area (Å²) in [6.45, 7) is 0. The molecule has 1 aliphatic heterocycles. The molecule has 23 heavy (non-hydrogen) atoms. The average Bonchev–Trinajstić information content (AvgIpc) is 2.92. The molecule has 1 amide bonds. The normalized spacial score (nSPS) is 17.6. The quantitative estimate of drug-likeness (QED) is 0.869. The number of rotatable bonds is 3. The number of hydrogen-bond acceptors (Lipinski definition) is 3. The summed E-state index contributed by atoms with van der Waals surface area (Å²) in [6, 6.07) is 11.6. The van der Waals surface area contributed by atoms with Crippen LogP contribution in [0.1, 0.15) is 21.3 Å². The second-order valence-corrected chi connectivity index (χ2v) is 6.84. The summed E-state index contributed by atoms with van der Waals surface area (Å²) in [7, 11) is 0. The molecule has 0 aliphatic carbocycles. The lowest BCUT2D eigenvalue weighted by Gasteiger charge is -2.25. The molecule has 118 valence electrons. The lowest BCUT2D eigenvalue weighted by Crippen LogP contribution is -2.28. The van der Waals surface area contributed by atoms with Gasteiger partial charge in [0.2, 0.25) is 5.91 Å². The number of carbonyl (C=O) groups excluding carboxylic acids is 1. The van der Waals surface area contributed by atoms with Crippen molar-refractivity contribution >= 4 is 52.5 Å². The van der Waals surface area contributed by atoms with Gasteiger partial charge in [-0.25, -0.2) is 4.79 Å². The van der Waals surface area contributed by atoms with E-state index in [9.17, 15) is 9.59 Å². The second-order valence-electron chi connectivity index (χ2n) is 4.96. The van der Waals surface area contributed by atoms with E-state index in [2.05, 4.69) is 0 Å². The van der Waals surface area contributed by atoms with Crippen LogP contribution >= 0.6 is 35.0 Å². The number of carboxylic acids is 1. The number of nitrogens with zero attached hydrogens (tertiary/aromatic N) is 1. The zero-order chi connectivity index (χ0) is 16.6. The zero-order valence-corrected chi connectivity index (χ0v) is 14.0. The van der Waals surface area contributed by atoms with E-state index in [4.69, 9.17) is 28.3 Å². The molecule has 0 radical (unpaired) electrons. The van der Waals surface area contributed by atoms with Gasteiger partial charge in [-0.2, -0.15) is 0 Å². The van der Waals surface area contributed by atoms with Crippen molar-refractivity contribution in [3.8, 4) is 0 Å². The summed E-state index contributed by atoms with van der Waals surface area (Å²) in [4.78, 5) is 25.0. The molecule has 1 unspecified atom stereocenters. The molecule has 0 bridgehead atoms. The summed E-state index contributed by atoms with van der Waals surface area (Å²) in [5, 5.41) is 9.73. The van der Waals surface area contributed by atoms with Crippen LogP contribution in [0.5, 0.6) is 0 Å². The van der Waals surface area contributed by atoms with Crippen molar-refractivity contribution in [2.24, 2.45) is 0 Å². The van der Waals surface area contributed by atoms with Crippen molar-refractivity contribution in [2.45, 2.75) is 5.37 Å². The highest BCUT2D eigenvalue weighted by Crippen LogP contribution is 2.43. The fourth-order valence-corrected chi connectivity index (χ4v) is 3.88. The Bertz CT molecular complexity index is 797. The van der Waals surface area contributed by atoms with E-state index in [1.807, 2.05) is 6.07 Å². The Labute approximate surface area is 147 Å². The molecular weight excluding hydrogens is 357 g/mol. The largest absolute Gasteiger partial charge is 0.478 e. The minimum absolute atomic E-state index is 0.0754. The van der Waals surface area contributed by atoms with Crippen molar-refractivity contribution in [2.75, 3.05) is 10.7 Å². The van der Waals surface area contributed by atoms with Crippen LogP contribution in [-0.2, 0) is 4.79 Å². The van der Waals surface area contributed by atoms with Crippen LogP contribution in [0.15, 0.2) is 42.5 Å². The van der Waals surface area contributed by atoms with Crippen molar-refractivity contribution in [1.29, 1.82) is 0 Å². The predicted octanol–water partition coefficient (Wildman–Crippen LogP) is 4.47. The number of aromatic carboxylic acids is 1. The van der Waals surface area contributed by atoms with Gasteiger partial charge in [0.1, 0.15) is 5.37 Å². The summed E-state index contributed by atoms with van der Waals surface area (Å²) in [5.74, 6) is -0.784. The fourth-order valence-electron chi connectivity index (χ4n) is 2.40. The first-order chi connectivity index (χ1) is 11.0. The van der Waals surface area contributed by atoms with Crippen molar-refractivity contribution < 1.29 is 14.7 Å². The Hall–Kier alpha value is -1.69. The highest BCUT2D eigenvalue weighted by atomic mass is 35.5. The monoisotopic (exact) mass is 367 g/mol. The molecule has 1 saturated heterocycles. The predicted molar refractivity (Wildman–Crippen MR) is 92.5 cm³/mol. The molecule has 1 heterocycles. The maximum absolute atomic E-state index is 12.3. The number of benzene rings is 2. The third kappa shape index (κ3) is 3.17. The number of amides is 1. The SMILES string of the molecule is O=C(O)c1cccc(N2C(=O)CSC2c2ccc(Cl)c(Cl)c2)c1. The first-order valence-corrected chi connectivity index (χ1v) is 8.50. The Morgan fingerprint density at radius 1 is 1.17 bits per heavy atom. The Morgan fingerprint density at radius 3 is 2.65 bits per heavy atom. The summed E-state index contributed by atoms with van der Waals surface area (Å²) in [5.41, 5.74) is 1.53. The zero-order valence-electron chi connectivity index (χ0n) is 11.7. The van der Waals surface area contributed by atoms with Crippen LogP contribution in [0.3, 0.4) is 0 Å². The van der Waals surface area contributed by atoms with Crippen LogP contribution in [-0.4, -0.2) is 22.7 Å². The molecule has 7 heteroatoms. The van der Waals surface area contributed by atoms with Crippen molar-refractivity contribution in [3.63, 3.8) is 0 Å². The van der Waals surface area contributed by atoms with Gasteiger partial charge >= 0.3 is 5.97 Å². The van der Waals surface area contributed by atoms with Crippen LogP contribution < -0.4 is 4.90 Å². The van der Waals surface area contributed by atoms with E-state index in [-0.39, 0.29) is 16.8 Å². The third-order valence-electron chi connectivity index (χ3n) is 3.47. The van der Waals surface area contributed by atoms with E-state index in [1.54, 1.807) is 29.2 Å². The highest BCUT2D eigenvalue weighted by molar-refractivity contribution is 8.00. The van der Waals surface area contributed by atoms with Gasteiger partial charge in [0, 0.05) is 5.69 Å². The maximum atomic E-state index is 12.3. The van der Waals surface area contributed by atoms with Crippen LogP contribution in [0, 0.1) is 0 Å². The number of halogens is 2. The molecule has 0 spiro atoms. The number of thioether (sulfide) groups is 1. The van der Waals surface area contributed by atoms with Gasteiger partial charge in [0.05, 0.1) is 21.4 Å². The standard InChI is InChI=1S/C16H11Cl2NO3S/c17-12-5-4-9(7-13(12)18)15-19(14(20)8-23-15)11-3-1-2-10(6-11)16(21)22/h1-7,15H,8H2,(H,21,22). The van der Waals surface area contributed by atoms with Crippen molar-refractivity contribution in [3.05, 3.63) is 63.6 Å². The van der Waals surface area contributed by atoms with Crippen LogP contribution in [0.25, 0.3) is 0 Å². The van der Waals surface area contributed by atoms with E-state index >= 15 is 0 Å². The second kappa shape index (κ2) is 6.43. The fraction of sp³-hybridized carbons (Fsp3) is 0.125. The Balaban J connectivity index is 2.01. The number of hydrogen-bond donors (Lipinski definition) is 1. The van der Waals surface area contributed by atoms with Crippen LogP contribution in [0.4, 0.5) is 5.69 Å². The molecule has 3 rings (SSSR count). The van der Waals surface area contributed by atoms with Gasteiger partial charge in [-0.15, -0.1) is 11.8 Å². The van der Waals surface area contributed by atoms with Crippen LogP contribution in [0.2, 0.25) is 10.0 Å². The minimum atomic E-state index is -1.03. The first kappa shape index (κ1) is 16.2. The minimum Gasteiger partial charge on any atom is -0.478 e. The third-order valence-corrected chi connectivity index (χ3v) is 5.42. The Kier molecular flexibility index (Phi) is 4.53. The van der Waals surface area contributed by atoms with E-state index < -0.39 is 5.97 Å². The summed E-state index contributed by atoms with van der Waals surface area (Å²) >= 11 is 13.5. The molecule has 2 aromatic carbocycles. The molecule has 0 aromatic heterocycles. The molecule has 2 aromatic rings. The summed E-state index contributed by atoms with van der Waals surface area (Å²) in [6.07, 6.45) is 0. The van der Waals surface area contributed by atoms with Gasteiger partial charge in [-0.1, -0.05) is 35.3 Å². The lowest BCUT2D eigenvalue weighted by molar-refractivity contribution is -0.115. The maximum Gasteiger partial charge on any atom is 0.335 e. The number of anilines is 1. The average molecular weight is 368 g/mol. The van der Waals surface area contributed by atoms with Gasteiger partial charge in [-0.05, 0) is 35.9 Å². The Morgan fingerprint density at radius 2 is 1.96 bits per heavy atom. The molecule has 0 saturated carbocycles. The molecule has 1 atom stereocenters. The lowest BCUT2D eigenvalue weighted by atomic mass is 10.1.